The van der Waals surface area contributed by atoms with Gasteiger partial charge in [-0.15, -0.1) is 0 Å². The Morgan fingerprint density at radius 3 is 2.57 bits per heavy atom. The Morgan fingerprint density at radius 2 is 2.00 bits per heavy atom. The van der Waals surface area contributed by atoms with E-state index >= 15 is 0 Å². The number of amides is 1. The van der Waals surface area contributed by atoms with E-state index in [9.17, 15) is 13.2 Å². The second-order valence-electron chi connectivity index (χ2n) is 5.53. The Morgan fingerprint density at radius 1 is 1.33 bits per heavy atom. The van der Waals surface area contributed by atoms with Crippen LogP contribution in [-0.4, -0.2) is 63.1 Å². The molecule has 1 aromatic carbocycles. The first-order chi connectivity index (χ1) is 9.70. The summed E-state index contributed by atoms with van der Waals surface area (Å²) >= 11 is 5.91. The number of hydrogen-bond donors (Lipinski definition) is 0. The molecule has 1 atom stereocenters. The largest absolute Gasteiger partial charge is 0.333 e. The maximum absolute atomic E-state index is 12.6. The third kappa shape index (κ3) is 3.56. The SMILES string of the molecule is CC1CN(C)CCN1C(=O)c1ccc(Cl)c(S(C)(=O)=O)c1. The number of carbonyl (C=O) groups excluding carboxylic acids is 1. The van der Waals surface area contributed by atoms with E-state index in [1.54, 1.807) is 11.0 Å². The van der Waals surface area contributed by atoms with Gasteiger partial charge in [0.1, 0.15) is 0 Å². The number of carbonyl (C=O) groups is 1. The van der Waals surface area contributed by atoms with Crippen molar-refractivity contribution < 1.29 is 13.2 Å². The maximum Gasteiger partial charge on any atom is 0.254 e. The van der Waals surface area contributed by atoms with Gasteiger partial charge in [0.05, 0.1) is 9.92 Å². The third-order valence-electron chi connectivity index (χ3n) is 3.67. The summed E-state index contributed by atoms with van der Waals surface area (Å²) in [5.41, 5.74) is 0.358. The van der Waals surface area contributed by atoms with Crippen molar-refractivity contribution in [1.29, 1.82) is 0 Å². The zero-order valence-corrected chi connectivity index (χ0v) is 13.9. The van der Waals surface area contributed by atoms with E-state index < -0.39 is 9.84 Å². The molecule has 0 saturated carbocycles. The van der Waals surface area contributed by atoms with E-state index in [4.69, 9.17) is 11.6 Å². The highest BCUT2D eigenvalue weighted by Crippen LogP contribution is 2.24. The summed E-state index contributed by atoms with van der Waals surface area (Å²) in [5, 5.41) is 0.139. The summed E-state index contributed by atoms with van der Waals surface area (Å²) in [6.45, 7) is 4.23. The number of hydrogen-bond acceptors (Lipinski definition) is 4. The number of nitrogens with zero attached hydrogens (tertiary/aromatic N) is 2. The van der Waals surface area contributed by atoms with Gasteiger partial charge in [-0.2, -0.15) is 0 Å². The van der Waals surface area contributed by atoms with Crippen LogP contribution in [0.15, 0.2) is 23.1 Å². The summed E-state index contributed by atoms with van der Waals surface area (Å²) in [5.74, 6) is -0.155. The molecule has 1 saturated heterocycles. The fourth-order valence-electron chi connectivity index (χ4n) is 2.53. The van der Waals surface area contributed by atoms with Gasteiger partial charge in [-0.05, 0) is 32.2 Å². The molecular weight excluding hydrogens is 312 g/mol. The lowest BCUT2D eigenvalue weighted by Gasteiger charge is -2.38. The van der Waals surface area contributed by atoms with Crippen molar-refractivity contribution in [1.82, 2.24) is 9.80 Å². The van der Waals surface area contributed by atoms with Crippen LogP contribution in [0.2, 0.25) is 5.02 Å². The maximum atomic E-state index is 12.6. The van der Waals surface area contributed by atoms with Crippen LogP contribution in [0.1, 0.15) is 17.3 Å². The first-order valence-electron chi connectivity index (χ1n) is 6.69. The van der Waals surface area contributed by atoms with E-state index in [1.165, 1.54) is 12.1 Å². The molecule has 0 aromatic heterocycles. The topological polar surface area (TPSA) is 57.7 Å². The second-order valence-corrected chi connectivity index (χ2v) is 7.92. The average molecular weight is 331 g/mol. The minimum atomic E-state index is -3.45. The molecule has 0 bridgehead atoms. The highest BCUT2D eigenvalue weighted by atomic mass is 35.5. The third-order valence-corrected chi connectivity index (χ3v) is 5.25. The zero-order chi connectivity index (χ0) is 15.8. The number of sulfone groups is 1. The Kier molecular flexibility index (Phi) is 4.60. The van der Waals surface area contributed by atoms with Crippen LogP contribution in [0, 0.1) is 0 Å². The lowest BCUT2D eigenvalue weighted by Crippen LogP contribution is -2.52. The molecule has 2 rings (SSSR count). The molecule has 0 spiro atoms. The van der Waals surface area contributed by atoms with Gasteiger partial charge >= 0.3 is 0 Å². The number of piperazine rings is 1. The van der Waals surface area contributed by atoms with Gasteiger partial charge in [0.25, 0.3) is 5.91 Å². The fourth-order valence-corrected chi connectivity index (χ4v) is 3.83. The number of rotatable bonds is 2. The summed E-state index contributed by atoms with van der Waals surface area (Å²) < 4.78 is 23.4. The molecule has 1 unspecified atom stereocenters. The van der Waals surface area contributed by atoms with Crippen LogP contribution >= 0.6 is 11.6 Å². The molecule has 7 heteroatoms. The average Bonchev–Trinajstić information content (AvgIpc) is 2.37. The van der Waals surface area contributed by atoms with E-state index in [-0.39, 0.29) is 21.9 Å². The summed E-state index contributed by atoms with van der Waals surface area (Å²) in [7, 11) is -1.44. The van der Waals surface area contributed by atoms with Gasteiger partial charge in [-0.25, -0.2) is 8.42 Å². The van der Waals surface area contributed by atoms with Crippen molar-refractivity contribution in [3.63, 3.8) is 0 Å². The van der Waals surface area contributed by atoms with Crippen LogP contribution in [0.4, 0.5) is 0 Å². The molecule has 1 amide bonds. The fraction of sp³-hybridized carbons (Fsp3) is 0.500. The predicted molar refractivity (Wildman–Crippen MR) is 82.6 cm³/mol. The molecule has 0 aliphatic carbocycles. The second kappa shape index (κ2) is 5.94. The first-order valence-corrected chi connectivity index (χ1v) is 8.96. The van der Waals surface area contributed by atoms with Crippen LogP contribution in [0.3, 0.4) is 0 Å². The Hall–Kier alpha value is -1.11. The molecule has 0 N–H and O–H groups in total. The zero-order valence-electron chi connectivity index (χ0n) is 12.3. The van der Waals surface area contributed by atoms with E-state index in [2.05, 4.69) is 4.90 Å². The van der Waals surface area contributed by atoms with Crippen LogP contribution in [0.5, 0.6) is 0 Å². The van der Waals surface area contributed by atoms with Crippen molar-refractivity contribution in [2.75, 3.05) is 32.9 Å². The normalized spacial score (nSPS) is 20.6. The minimum Gasteiger partial charge on any atom is -0.333 e. The number of likely N-dealkylation sites (N-methyl/N-ethyl adjacent to an activating group) is 1. The molecule has 1 fully saturated rings. The summed E-state index contributed by atoms with van der Waals surface area (Å²) in [6, 6.07) is 4.50. The minimum absolute atomic E-state index is 0.00297. The van der Waals surface area contributed by atoms with Gasteiger partial charge in [0, 0.05) is 37.5 Å². The van der Waals surface area contributed by atoms with Gasteiger partial charge in [-0.3, -0.25) is 4.79 Å². The van der Waals surface area contributed by atoms with E-state index in [0.29, 0.717) is 12.1 Å². The molecule has 1 heterocycles. The molecule has 5 nitrogen and oxygen atoms in total. The molecule has 1 aliphatic rings. The molecule has 0 radical (unpaired) electrons. The molecule has 1 aliphatic heterocycles. The van der Waals surface area contributed by atoms with Gasteiger partial charge < -0.3 is 9.80 Å². The van der Waals surface area contributed by atoms with Crippen molar-refractivity contribution in [3.8, 4) is 0 Å². The standard InChI is InChI=1S/C14H19ClN2O3S/c1-10-9-16(2)6-7-17(10)14(18)11-4-5-12(15)13(8-11)21(3,19)20/h4-5,8,10H,6-7,9H2,1-3H3. The number of benzene rings is 1. The van der Waals surface area contributed by atoms with Crippen LogP contribution in [-0.2, 0) is 9.84 Å². The smallest absolute Gasteiger partial charge is 0.254 e. The summed E-state index contributed by atoms with van der Waals surface area (Å²) in [6.07, 6.45) is 1.08. The summed E-state index contributed by atoms with van der Waals surface area (Å²) in [4.78, 5) is 16.5. The quantitative estimate of drug-likeness (QED) is 0.825. The Bertz CT molecular complexity index is 660. The monoisotopic (exact) mass is 330 g/mol. The molecule has 1 aromatic rings. The van der Waals surface area contributed by atoms with Crippen molar-refractivity contribution >= 4 is 27.3 Å². The van der Waals surface area contributed by atoms with Crippen LogP contribution < -0.4 is 0 Å². The highest BCUT2D eigenvalue weighted by Gasteiger charge is 2.27. The highest BCUT2D eigenvalue weighted by molar-refractivity contribution is 7.90. The van der Waals surface area contributed by atoms with Gasteiger partial charge in [0.15, 0.2) is 9.84 Å². The van der Waals surface area contributed by atoms with Gasteiger partial charge in [0.2, 0.25) is 0 Å². The predicted octanol–water partition coefficient (Wildman–Crippen LogP) is 1.52. The molecular formula is C14H19ClN2O3S. The van der Waals surface area contributed by atoms with E-state index in [0.717, 1.165) is 19.3 Å². The van der Waals surface area contributed by atoms with Gasteiger partial charge in [-0.1, -0.05) is 11.6 Å². The first kappa shape index (κ1) is 16.3. The van der Waals surface area contributed by atoms with E-state index in [1.807, 2.05) is 14.0 Å². The number of halogens is 1. The molecule has 116 valence electrons. The Labute approximate surface area is 130 Å². The lowest BCUT2D eigenvalue weighted by atomic mass is 10.1. The molecule has 21 heavy (non-hydrogen) atoms. The van der Waals surface area contributed by atoms with Crippen LogP contribution in [0.25, 0.3) is 0 Å². The lowest BCUT2D eigenvalue weighted by molar-refractivity contribution is 0.0533. The van der Waals surface area contributed by atoms with Crippen molar-refractivity contribution in [3.05, 3.63) is 28.8 Å². The van der Waals surface area contributed by atoms with Crippen molar-refractivity contribution in [2.24, 2.45) is 0 Å². The van der Waals surface area contributed by atoms with Crippen molar-refractivity contribution in [2.45, 2.75) is 17.9 Å². The Balaban J connectivity index is 2.32.